The van der Waals surface area contributed by atoms with Crippen molar-refractivity contribution in [2.24, 2.45) is 0 Å². The average Bonchev–Trinajstić information content (AvgIpc) is 3.16. The van der Waals surface area contributed by atoms with Gasteiger partial charge in [0, 0.05) is 0 Å². The fourth-order valence-corrected chi connectivity index (χ4v) is 6.74. The summed E-state index contributed by atoms with van der Waals surface area (Å²) in [6.45, 7) is 15.5. The Hall–Kier alpha value is -5.72. The molecule has 50 heavy (non-hydrogen) atoms. The maximum absolute atomic E-state index is 4.58. The molecule has 0 aromatic heterocycles. The predicted molar refractivity (Wildman–Crippen MR) is 219 cm³/mol. The van der Waals surface area contributed by atoms with Gasteiger partial charge >= 0.3 is 0 Å². The zero-order valence-electron chi connectivity index (χ0n) is 30.0. The number of hydrogen-bond donors (Lipinski definition) is 0. The van der Waals surface area contributed by atoms with E-state index in [2.05, 4.69) is 204 Å². The molecule has 0 heteroatoms. The summed E-state index contributed by atoms with van der Waals surface area (Å²) < 4.78 is 0. The molecule has 1 unspecified atom stereocenters. The van der Waals surface area contributed by atoms with E-state index < -0.39 is 0 Å². The van der Waals surface area contributed by atoms with Crippen molar-refractivity contribution in [1.82, 2.24) is 0 Å². The van der Waals surface area contributed by atoms with E-state index >= 15 is 0 Å². The van der Waals surface area contributed by atoms with Crippen molar-refractivity contribution < 1.29 is 0 Å². The summed E-state index contributed by atoms with van der Waals surface area (Å²) in [6, 6.07) is 48.3. The summed E-state index contributed by atoms with van der Waals surface area (Å²) >= 11 is 0. The van der Waals surface area contributed by atoms with Gasteiger partial charge < -0.3 is 0 Å². The number of allylic oxidation sites excluding steroid dienone is 7. The van der Waals surface area contributed by atoms with E-state index in [0.29, 0.717) is 5.92 Å². The van der Waals surface area contributed by atoms with Crippen LogP contribution in [0.25, 0.3) is 38.6 Å². The Labute approximate surface area is 299 Å². The molecule has 0 N–H and O–H groups in total. The minimum Gasteiger partial charge on any atom is -0.0911 e. The highest BCUT2D eigenvalue weighted by Gasteiger charge is 2.16. The van der Waals surface area contributed by atoms with Crippen molar-refractivity contribution in [3.05, 3.63) is 221 Å². The molecule has 0 aliphatic heterocycles. The van der Waals surface area contributed by atoms with Crippen molar-refractivity contribution in [3.8, 4) is 11.1 Å². The zero-order valence-corrected chi connectivity index (χ0v) is 30.0. The molecule has 0 aliphatic rings. The molecule has 0 radical (unpaired) electrons. The maximum atomic E-state index is 4.58. The monoisotopic (exact) mass is 646 g/mol. The molecule has 0 amide bonds. The number of benzene rings is 6. The molecule has 0 fully saturated rings. The van der Waals surface area contributed by atoms with Gasteiger partial charge in [-0.3, -0.25) is 0 Å². The van der Waals surface area contributed by atoms with Crippen LogP contribution >= 0.6 is 0 Å². The van der Waals surface area contributed by atoms with Crippen molar-refractivity contribution in [2.45, 2.75) is 40.5 Å². The van der Waals surface area contributed by atoms with Crippen molar-refractivity contribution in [1.29, 1.82) is 0 Å². The van der Waals surface area contributed by atoms with Crippen LogP contribution in [0.1, 0.15) is 71.2 Å². The number of rotatable bonds is 10. The largest absolute Gasteiger partial charge is 0.0911 e. The lowest BCUT2D eigenvalue weighted by Crippen LogP contribution is -2.00. The van der Waals surface area contributed by atoms with E-state index in [1.54, 1.807) is 0 Å². The number of fused-ring (bicyclic) bond motifs is 1. The topological polar surface area (TPSA) is 0 Å². The summed E-state index contributed by atoms with van der Waals surface area (Å²) in [5.74, 6) is 0.356. The maximum Gasteiger partial charge on any atom is -0.000732 e. The van der Waals surface area contributed by atoms with E-state index in [-0.39, 0.29) is 0 Å². The Morgan fingerprint density at radius 2 is 1.14 bits per heavy atom. The van der Waals surface area contributed by atoms with Crippen LogP contribution in [-0.2, 0) is 0 Å². The first-order valence-corrected chi connectivity index (χ1v) is 17.6. The second-order valence-corrected chi connectivity index (χ2v) is 13.0. The molecule has 0 saturated carbocycles. The van der Waals surface area contributed by atoms with Gasteiger partial charge in [0.25, 0.3) is 0 Å². The fraction of sp³-hybridized carbons (Fsp3) is 0.120. The second kappa shape index (κ2) is 15.7. The standard InChI is InChI=1S/C50H46/c1-7-9-11-16-35(3)39-23-28-44(29-24-39)47(8-2)48-31-32-49(38(6)37(48)5)50(46-30-27-42-19-14-15-20-45(42)34-46)33-36(4)40-21-25-43(26-22-40)41-17-12-10-13-18-41/h7-35H,4H2,1-3,5-6H3/b9-7-,16-11-,47-8-,50-33-. The van der Waals surface area contributed by atoms with Crippen molar-refractivity contribution in [2.75, 3.05) is 0 Å². The van der Waals surface area contributed by atoms with Gasteiger partial charge in [0.1, 0.15) is 0 Å². The molecule has 0 spiro atoms. The van der Waals surface area contributed by atoms with Crippen LogP contribution in [0.2, 0.25) is 0 Å². The van der Waals surface area contributed by atoms with E-state index in [0.717, 1.165) is 11.1 Å². The lowest BCUT2D eigenvalue weighted by molar-refractivity contribution is 0.967. The van der Waals surface area contributed by atoms with E-state index in [4.69, 9.17) is 0 Å². The van der Waals surface area contributed by atoms with Gasteiger partial charge in [0.2, 0.25) is 0 Å². The first-order chi connectivity index (χ1) is 24.4. The quantitative estimate of drug-likeness (QED) is 0.130. The molecule has 0 aliphatic carbocycles. The van der Waals surface area contributed by atoms with Gasteiger partial charge in [-0.2, -0.15) is 0 Å². The third kappa shape index (κ3) is 7.46. The lowest BCUT2D eigenvalue weighted by Gasteiger charge is -2.20. The summed E-state index contributed by atoms with van der Waals surface area (Å²) in [7, 11) is 0. The van der Waals surface area contributed by atoms with E-state index in [9.17, 15) is 0 Å². The van der Waals surface area contributed by atoms with E-state index in [1.807, 2.05) is 6.92 Å². The highest BCUT2D eigenvalue weighted by Crippen LogP contribution is 2.37. The first kappa shape index (κ1) is 34.2. The van der Waals surface area contributed by atoms with Gasteiger partial charge in [0.15, 0.2) is 0 Å². The highest BCUT2D eigenvalue weighted by molar-refractivity contribution is 5.95. The normalized spacial score (nSPS) is 13.0. The molecule has 6 aromatic carbocycles. The van der Waals surface area contributed by atoms with Crippen LogP contribution in [0, 0.1) is 13.8 Å². The highest BCUT2D eigenvalue weighted by atomic mass is 14.2. The smallest absolute Gasteiger partial charge is 0.000732 e. The second-order valence-electron chi connectivity index (χ2n) is 13.0. The number of hydrogen-bond acceptors (Lipinski definition) is 0. The van der Waals surface area contributed by atoms with Gasteiger partial charge in [0.05, 0.1) is 0 Å². The third-order valence-electron chi connectivity index (χ3n) is 9.85. The predicted octanol–water partition coefficient (Wildman–Crippen LogP) is 14.0. The minimum atomic E-state index is 0.356. The van der Waals surface area contributed by atoms with Gasteiger partial charge in [-0.05, 0) is 129 Å². The Morgan fingerprint density at radius 1 is 0.560 bits per heavy atom. The third-order valence-corrected chi connectivity index (χ3v) is 9.85. The van der Waals surface area contributed by atoms with Crippen molar-refractivity contribution >= 4 is 27.5 Å². The Bertz CT molecular complexity index is 2230. The molecule has 0 bridgehead atoms. The molecule has 246 valence electrons. The first-order valence-electron chi connectivity index (χ1n) is 17.6. The lowest BCUT2D eigenvalue weighted by atomic mass is 9.84. The van der Waals surface area contributed by atoms with E-state index in [1.165, 1.54) is 72.0 Å². The molecular formula is C50H46. The van der Waals surface area contributed by atoms with Crippen LogP contribution in [0.15, 0.2) is 176 Å². The van der Waals surface area contributed by atoms with Crippen LogP contribution in [-0.4, -0.2) is 0 Å². The molecule has 1 atom stereocenters. The summed E-state index contributed by atoms with van der Waals surface area (Å²) in [5, 5.41) is 2.46. The Kier molecular flexibility index (Phi) is 10.7. The molecular weight excluding hydrogens is 601 g/mol. The molecule has 0 saturated heterocycles. The van der Waals surface area contributed by atoms with Crippen LogP contribution in [0.5, 0.6) is 0 Å². The molecule has 0 nitrogen and oxygen atoms in total. The summed E-state index contributed by atoms with van der Waals surface area (Å²) in [5.41, 5.74) is 15.7. The van der Waals surface area contributed by atoms with Crippen LogP contribution in [0.4, 0.5) is 0 Å². The Balaban J connectivity index is 1.38. The summed E-state index contributed by atoms with van der Waals surface area (Å²) in [6.07, 6.45) is 13.0. The molecule has 0 heterocycles. The van der Waals surface area contributed by atoms with Gasteiger partial charge in [-0.1, -0.05) is 171 Å². The molecule has 6 aromatic rings. The van der Waals surface area contributed by atoms with Crippen LogP contribution in [0.3, 0.4) is 0 Å². The van der Waals surface area contributed by atoms with Gasteiger partial charge in [-0.25, -0.2) is 0 Å². The summed E-state index contributed by atoms with van der Waals surface area (Å²) in [4.78, 5) is 0. The van der Waals surface area contributed by atoms with Gasteiger partial charge in [-0.15, -0.1) is 0 Å². The molecule has 6 rings (SSSR count). The average molecular weight is 647 g/mol. The van der Waals surface area contributed by atoms with Crippen molar-refractivity contribution in [3.63, 3.8) is 0 Å². The zero-order chi connectivity index (χ0) is 35.0. The minimum absolute atomic E-state index is 0.356. The Morgan fingerprint density at radius 3 is 1.80 bits per heavy atom. The fourth-order valence-electron chi connectivity index (χ4n) is 6.74. The van der Waals surface area contributed by atoms with Crippen LogP contribution < -0.4 is 0 Å². The SMILES string of the molecule is C=C(/C=C(/c1ccc2ccccc2c1)c1ccc(/C(=C\C)c2ccc(C(C)/C=C\C=C/C)cc2)c(C)c1C)c1ccc(-c2ccccc2)cc1.